The van der Waals surface area contributed by atoms with Crippen molar-refractivity contribution in [1.29, 1.82) is 0 Å². The molecule has 0 bridgehead atoms. The molecule has 1 aliphatic rings. The molecule has 25 heavy (non-hydrogen) atoms. The minimum Gasteiger partial charge on any atom is -0.465 e. The zero-order valence-corrected chi connectivity index (χ0v) is 14.5. The molecule has 0 aliphatic carbocycles. The Morgan fingerprint density at radius 1 is 1.20 bits per heavy atom. The SMILES string of the molecule is COC(=O)c1ccccc1NS(=O)(=O)c1ccc2c(c1)CC(=O)N2C. The average Bonchev–Trinajstić information content (AvgIpc) is 2.88. The van der Waals surface area contributed by atoms with E-state index in [-0.39, 0.29) is 28.5 Å². The number of methoxy groups -OCH3 is 1. The van der Waals surface area contributed by atoms with Gasteiger partial charge in [-0.05, 0) is 35.9 Å². The van der Waals surface area contributed by atoms with Gasteiger partial charge in [-0.1, -0.05) is 12.1 Å². The first kappa shape index (κ1) is 17.0. The van der Waals surface area contributed by atoms with Crippen LogP contribution in [0.5, 0.6) is 0 Å². The number of carbonyl (C=O) groups excluding carboxylic acids is 2. The number of anilines is 2. The molecule has 0 saturated heterocycles. The Labute approximate surface area is 145 Å². The van der Waals surface area contributed by atoms with E-state index < -0.39 is 16.0 Å². The van der Waals surface area contributed by atoms with Crippen molar-refractivity contribution in [2.75, 3.05) is 23.8 Å². The smallest absolute Gasteiger partial charge is 0.339 e. The number of amides is 1. The van der Waals surface area contributed by atoms with Gasteiger partial charge in [0.2, 0.25) is 5.91 Å². The highest BCUT2D eigenvalue weighted by Gasteiger charge is 2.26. The van der Waals surface area contributed by atoms with E-state index in [1.165, 1.54) is 36.3 Å². The van der Waals surface area contributed by atoms with Gasteiger partial charge in [-0.3, -0.25) is 9.52 Å². The topological polar surface area (TPSA) is 92.8 Å². The number of nitrogens with one attached hydrogen (secondary N) is 1. The van der Waals surface area contributed by atoms with E-state index in [2.05, 4.69) is 9.46 Å². The lowest BCUT2D eigenvalue weighted by Crippen LogP contribution is -2.20. The zero-order chi connectivity index (χ0) is 18.2. The molecule has 3 rings (SSSR count). The lowest BCUT2D eigenvalue weighted by molar-refractivity contribution is -0.117. The maximum Gasteiger partial charge on any atom is 0.339 e. The van der Waals surface area contributed by atoms with E-state index in [1.807, 2.05) is 0 Å². The molecule has 1 aliphatic heterocycles. The first-order valence-electron chi connectivity index (χ1n) is 7.43. The van der Waals surface area contributed by atoms with Crippen molar-refractivity contribution in [2.45, 2.75) is 11.3 Å². The summed E-state index contributed by atoms with van der Waals surface area (Å²) in [5.74, 6) is -0.729. The van der Waals surface area contributed by atoms with Crippen LogP contribution in [0.25, 0.3) is 0 Å². The standard InChI is InChI=1S/C17H16N2O5S/c1-19-15-8-7-12(9-11(15)10-16(19)20)25(22,23)18-14-6-4-3-5-13(14)17(21)24-2/h3-9,18H,10H2,1-2H3. The number of hydrogen-bond acceptors (Lipinski definition) is 5. The molecule has 0 unspecified atom stereocenters. The number of carbonyl (C=O) groups is 2. The van der Waals surface area contributed by atoms with E-state index >= 15 is 0 Å². The number of sulfonamides is 1. The van der Waals surface area contributed by atoms with Crippen LogP contribution in [0.15, 0.2) is 47.4 Å². The largest absolute Gasteiger partial charge is 0.465 e. The normalized spacial score (nSPS) is 13.5. The molecule has 1 N–H and O–H groups in total. The molecule has 1 amide bonds. The quantitative estimate of drug-likeness (QED) is 0.839. The summed E-state index contributed by atoms with van der Waals surface area (Å²) in [5, 5.41) is 0. The van der Waals surface area contributed by atoms with Crippen molar-refractivity contribution in [3.8, 4) is 0 Å². The molecule has 2 aromatic rings. The van der Waals surface area contributed by atoms with Crippen LogP contribution < -0.4 is 9.62 Å². The van der Waals surface area contributed by atoms with Crippen molar-refractivity contribution < 1.29 is 22.7 Å². The molecule has 0 atom stereocenters. The molecule has 0 fully saturated rings. The van der Waals surface area contributed by atoms with Crippen LogP contribution in [0.2, 0.25) is 0 Å². The number of hydrogen-bond donors (Lipinski definition) is 1. The first-order chi connectivity index (χ1) is 11.8. The summed E-state index contributed by atoms with van der Waals surface area (Å²) >= 11 is 0. The van der Waals surface area contributed by atoms with Gasteiger partial charge in [-0.15, -0.1) is 0 Å². The molecule has 1 heterocycles. The maximum atomic E-state index is 12.7. The lowest BCUT2D eigenvalue weighted by Gasteiger charge is -2.13. The highest BCUT2D eigenvalue weighted by molar-refractivity contribution is 7.92. The molecular weight excluding hydrogens is 344 g/mol. The number of para-hydroxylation sites is 1. The summed E-state index contributed by atoms with van der Waals surface area (Å²) in [6, 6.07) is 10.7. The second-order valence-corrected chi connectivity index (χ2v) is 7.25. The molecule has 0 radical (unpaired) electrons. The maximum absolute atomic E-state index is 12.7. The Kier molecular flexibility index (Phi) is 4.22. The number of fused-ring (bicyclic) bond motifs is 1. The van der Waals surface area contributed by atoms with Gasteiger partial charge in [0, 0.05) is 12.7 Å². The van der Waals surface area contributed by atoms with Gasteiger partial charge in [0.15, 0.2) is 0 Å². The molecular formula is C17H16N2O5S. The minimum atomic E-state index is -3.92. The fourth-order valence-electron chi connectivity index (χ4n) is 2.68. The van der Waals surface area contributed by atoms with E-state index in [0.717, 1.165) is 0 Å². The Hall–Kier alpha value is -2.87. The Balaban J connectivity index is 1.96. The third kappa shape index (κ3) is 3.08. The van der Waals surface area contributed by atoms with E-state index in [1.54, 1.807) is 25.2 Å². The Morgan fingerprint density at radius 3 is 2.64 bits per heavy atom. The minimum absolute atomic E-state index is 0.0222. The molecule has 130 valence electrons. The Bertz CT molecular complexity index is 969. The highest BCUT2D eigenvalue weighted by Crippen LogP contribution is 2.30. The van der Waals surface area contributed by atoms with Gasteiger partial charge in [0.05, 0.1) is 29.7 Å². The number of rotatable bonds is 4. The highest BCUT2D eigenvalue weighted by atomic mass is 32.2. The van der Waals surface area contributed by atoms with Crippen molar-refractivity contribution in [2.24, 2.45) is 0 Å². The van der Waals surface area contributed by atoms with Crippen LogP contribution in [0, 0.1) is 0 Å². The van der Waals surface area contributed by atoms with Crippen molar-refractivity contribution in [3.05, 3.63) is 53.6 Å². The number of ether oxygens (including phenoxy) is 1. The van der Waals surface area contributed by atoms with Gasteiger partial charge < -0.3 is 9.64 Å². The number of likely N-dealkylation sites (N-methyl/N-ethyl adjacent to an activating group) is 1. The van der Waals surface area contributed by atoms with E-state index in [0.29, 0.717) is 11.3 Å². The molecule has 0 saturated carbocycles. The Morgan fingerprint density at radius 2 is 1.92 bits per heavy atom. The number of esters is 1. The molecule has 0 aromatic heterocycles. The summed E-state index contributed by atoms with van der Waals surface area (Å²) in [6.07, 6.45) is 0.161. The average molecular weight is 360 g/mol. The van der Waals surface area contributed by atoms with Crippen molar-refractivity contribution >= 4 is 33.3 Å². The van der Waals surface area contributed by atoms with Gasteiger partial charge in [-0.25, -0.2) is 13.2 Å². The third-order valence-electron chi connectivity index (χ3n) is 4.02. The molecule has 0 spiro atoms. The molecule has 2 aromatic carbocycles. The third-order valence-corrected chi connectivity index (χ3v) is 5.38. The van der Waals surface area contributed by atoms with Crippen LogP contribution in [0.1, 0.15) is 15.9 Å². The van der Waals surface area contributed by atoms with Gasteiger partial charge in [-0.2, -0.15) is 0 Å². The number of benzene rings is 2. The second kappa shape index (κ2) is 6.21. The second-order valence-electron chi connectivity index (χ2n) is 5.56. The first-order valence-corrected chi connectivity index (χ1v) is 8.91. The summed E-state index contributed by atoms with van der Waals surface area (Å²) in [5.41, 5.74) is 1.59. The van der Waals surface area contributed by atoms with Crippen LogP contribution in [-0.2, 0) is 26.0 Å². The monoisotopic (exact) mass is 360 g/mol. The number of nitrogens with zero attached hydrogens (tertiary/aromatic N) is 1. The van der Waals surface area contributed by atoms with Crippen LogP contribution in [0.4, 0.5) is 11.4 Å². The summed E-state index contributed by atoms with van der Waals surface area (Å²) < 4.78 is 32.4. The van der Waals surface area contributed by atoms with Gasteiger partial charge in [0.25, 0.3) is 10.0 Å². The van der Waals surface area contributed by atoms with Crippen LogP contribution in [0.3, 0.4) is 0 Å². The van der Waals surface area contributed by atoms with Gasteiger partial charge >= 0.3 is 5.97 Å². The van der Waals surface area contributed by atoms with Gasteiger partial charge in [0.1, 0.15) is 0 Å². The fraction of sp³-hybridized carbons (Fsp3) is 0.176. The van der Waals surface area contributed by atoms with E-state index in [9.17, 15) is 18.0 Å². The van der Waals surface area contributed by atoms with Crippen molar-refractivity contribution in [1.82, 2.24) is 0 Å². The summed E-state index contributed by atoms with van der Waals surface area (Å²) in [7, 11) is -1.05. The lowest BCUT2D eigenvalue weighted by atomic mass is 10.2. The molecule has 7 nitrogen and oxygen atoms in total. The van der Waals surface area contributed by atoms with Crippen LogP contribution in [-0.4, -0.2) is 34.5 Å². The predicted molar refractivity (Wildman–Crippen MR) is 92.1 cm³/mol. The zero-order valence-electron chi connectivity index (χ0n) is 13.6. The predicted octanol–water partition coefficient (Wildman–Crippen LogP) is 1.79. The van der Waals surface area contributed by atoms with E-state index in [4.69, 9.17) is 0 Å². The molecule has 8 heteroatoms. The summed E-state index contributed by atoms with van der Waals surface area (Å²) in [6.45, 7) is 0. The van der Waals surface area contributed by atoms with Crippen LogP contribution >= 0.6 is 0 Å². The summed E-state index contributed by atoms with van der Waals surface area (Å²) in [4.78, 5) is 25.0. The fourth-order valence-corrected chi connectivity index (χ4v) is 3.81. The van der Waals surface area contributed by atoms with Crippen molar-refractivity contribution in [3.63, 3.8) is 0 Å².